The molecule has 0 aliphatic rings. The molecule has 1 aromatic carbocycles. The number of hydrogen-bond acceptors (Lipinski definition) is 2. The van der Waals surface area contributed by atoms with Gasteiger partial charge >= 0.3 is 0 Å². The van der Waals surface area contributed by atoms with Gasteiger partial charge in [0.05, 0.1) is 0 Å². The Kier molecular flexibility index (Phi) is 2.86. The maximum Gasteiger partial charge on any atom is 0.116 e. The number of rotatable bonds is 2. The Morgan fingerprint density at radius 1 is 1.21 bits per heavy atom. The average Bonchev–Trinajstić information content (AvgIpc) is 1.95. The molecule has 0 atom stereocenters. The van der Waals surface area contributed by atoms with Crippen molar-refractivity contribution in [2.75, 3.05) is 0 Å². The van der Waals surface area contributed by atoms with Crippen LogP contribution >= 0.6 is 0 Å². The van der Waals surface area contributed by atoms with Crippen LogP contribution in [0.3, 0.4) is 0 Å². The van der Waals surface area contributed by atoms with E-state index in [-0.39, 0.29) is 5.54 Å². The minimum absolute atomic E-state index is 0.202. The molecule has 0 heterocycles. The van der Waals surface area contributed by atoms with E-state index < -0.39 is 0 Å². The van der Waals surface area contributed by atoms with Gasteiger partial charge < -0.3 is 10.8 Å². The fourth-order valence-corrected chi connectivity index (χ4v) is 1.71. The molecule has 0 spiro atoms. The van der Waals surface area contributed by atoms with Crippen LogP contribution in [0, 0.1) is 13.8 Å². The summed E-state index contributed by atoms with van der Waals surface area (Å²) < 4.78 is 0. The van der Waals surface area contributed by atoms with Gasteiger partial charge in [0.1, 0.15) is 5.75 Å². The Morgan fingerprint density at radius 3 is 2.00 bits per heavy atom. The molecule has 0 radical (unpaired) electrons. The van der Waals surface area contributed by atoms with Crippen LogP contribution in [0.1, 0.15) is 30.5 Å². The summed E-state index contributed by atoms with van der Waals surface area (Å²) >= 11 is 0. The van der Waals surface area contributed by atoms with E-state index in [2.05, 4.69) is 0 Å². The molecule has 2 nitrogen and oxygen atoms in total. The van der Waals surface area contributed by atoms with Crippen LogP contribution < -0.4 is 5.73 Å². The van der Waals surface area contributed by atoms with Gasteiger partial charge in [-0.3, -0.25) is 0 Å². The van der Waals surface area contributed by atoms with Crippen molar-refractivity contribution in [2.24, 2.45) is 5.73 Å². The summed E-state index contributed by atoms with van der Waals surface area (Å²) in [5, 5.41) is 9.39. The van der Waals surface area contributed by atoms with Gasteiger partial charge in [0.2, 0.25) is 0 Å². The molecular weight excluding hydrogens is 174 g/mol. The fourth-order valence-electron chi connectivity index (χ4n) is 1.71. The quantitative estimate of drug-likeness (QED) is 0.757. The van der Waals surface area contributed by atoms with Crippen molar-refractivity contribution in [3.8, 4) is 5.75 Å². The predicted molar refractivity (Wildman–Crippen MR) is 59.6 cm³/mol. The molecule has 0 aliphatic carbocycles. The lowest BCUT2D eigenvalue weighted by atomic mass is 9.90. The Bertz CT molecular complexity index is 314. The monoisotopic (exact) mass is 193 g/mol. The first-order chi connectivity index (χ1) is 6.29. The van der Waals surface area contributed by atoms with Crippen LogP contribution in [-0.4, -0.2) is 10.6 Å². The van der Waals surface area contributed by atoms with Crippen LogP contribution in [0.15, 0.2) is 12.1 Å². The first kappa shape index (κ1) is 11.1. The lowest BCUT2D eigenvalue weighted by molar-refractivity contribution is 0.472. The summed E-state index contributed by atoms with van der Waals surface area (Å²) in [7, 11) is 0. The van der Waals surface area contributed by atoms with Gasteiger partial charge in [0.25, 0.3) is 0 Å². The summed E-state index contributed by atoms with van der Waals surface area (Å²) in [6.45, 7) is 8.04. The molecule has 2 heteroatoms. The van der Waals surface area contributed by atoms with E-state index in [4.69, 9.17) is 5.73 Å². The SMILES string of the molecule is Cc1cc(O)cc(C)c1CC(C)(C)N. The summed E-state index contributed by atoms with van der Waals surface area (Å²) in [6, 6.07) is 3.57. The van der Waals surface area contributed by atoms with E-state index in [1.54, 1.807) is 12.1 Å². The van der Waals surface area contributed by atoms with Gasteiger partial charge in [-0.2, -0.15) is 0 Å². The zero-order chi connectivity index (χ0) is 10.9. The van der Waals surface area contributed by atoms with Crippen molar-refractivity contribution in [3.63, 3.8) is 0 Å². The number of nitrogens with two attached hydrogens (primary N) is 1. The number of aryl methyl sites for hydroxylation is 2. The van der Waals surface area contributed by atoms with E-state index in [0.717, 1.165) is 17.5 Å². The van der Waals surface area contributed by atoms with Gasteiger partial charge in [0.15, 0.2) is 0 Å². The zero-order valence-electron chi connectivity index (χ0n) is 9.39. The lowest BCUT2D eigenvalue weighted by Crippen LogP contribution is -2.34. The fraction of sp³-hybridized carbons (Fsp3) is 0.500. The van der Waals surface area contributed by atoms with E-state index in [9.17, 15) is 5.11 Å². The molecule has 0 saturated heterocycles. The average molecular weight is 193 g/mol. The predicted octanol–water partition coefficient (Wildman–Crippen LogP) is 2.29. The maximum atomic E-state index is 9.39. The third-order valence-corrected chi connectivity index (χ3v) is 2.31. The van der Waals surface area contributed by atoms with Crippen LogP contribution in [0.5, 0.6) is 5.75 Å². The molecule has 1 aromatic rings. The number of benzene rings is 1. The van der Waals surface area contributed by atoms with Gasteiger partial charge in [0, 0.05) is 5.54 Å². The van der Waals surface area contributed by atoms with Crippen molar-refractivity contribution in [3.05, 3.63) is 28.8 Å². The van der Waals surface area contributed by atoms with Crippen molar-refractivity contribution < 1.29 is 5.11 Å². The molecule has 0 amide bonds. The highest BCUT2D eigenvalue weighted by molar-refractivity contribution is 5.41. The molecule has 14 heavy (non-hydrogen) atoms. The van der Waals surface area contributed by atoms with Crippen LogP contribution in [0.2, 0.25) is 0 Å². The number of hydrogen-bond donors (Lipinski definition) is 2. The van der Waals surface area contributed by atoms with Gasteiger partial charge in [-0.05, 0) is 62.9 Å². The Hall–Kier alpha value is -1.02. The third-order valence-electron chi connectivity index (χ3n) is 2.31. The lowest BCUT2D eigenvalue weighted by Gasteiger charge is -2.21. The van der Waals surface area contributed by atoms with Crippen LogP contribution in [0.25, 0.3) is 0 Å². The summed E-state index contributed by atoms with van der Waals surface area (Å²) in [6.07, 6.45) is 0.838. The first-order valence-corrected chi connectivity index (χ1v) is 4.87. The third kappa shape index (κ3) is 2.74. The van der Waals surface area contributed by atoms with E-state index >= 15 is 0 Å². The van der Waals surface area contributed by atoms with E-state index in [0.29, 0.717) is 5.75 Å². The van der Waals surface area contributed by atoms with Crippen molar-refractivity contribution in [1.82, 2.24) is 0 Å². The smallest absolute Gasteiger partial charge is 0.116 e. The molecule has 0 bridgehead atoms. The molecule has 0 unspecified atom stereocenters. The molecule has 0 aromatic heterocycles. The molecule has 1 rings (SSSR count). The first-order valence-electron chi connectivity index (χ1n) is 4.87. The maximum absolute atomic E-state index is 9.39. The minimum Gasteiger partial charge on any atom is -0.508 e. The topological polar surface area (TPSA) is 46.2 Å². The van der Waals surface area contributed by atoms with Crippen molar-refractivity contribution in [2.45, 2.75) is 39.7 Å². The largest absolute Gasteiger partial charge is 0.508 e. The molecule has 0 aliphatic heterocycles. The second-order valence-corrected chi connectivity index (χ2v) is 4.72. The Balaban J connectivity index is 3.09. The van der Waals surface area contributed by atoms with Crippen LogP contribution in [-0.2, 0) is 6.42 Å². The number of phenolic OH excluding ortho intramolecular Hbond substituents is 1. The number of aromatic hydroxyl groups is 1. The van der Waals surface area contributed by atoms with E-state index in [1.165, 1.54) is 5.56 Å². The second kappa shape index (κ2) is 3.62. The van der Waals surface area contributed by atoms with Crippen molar-refractivity contribution in [1.29, 1.82) is 0 Å². The highest BCUT2D eigenvalue weighted by atomic mass is 16.3. The highest BCUT2D eigenvalue weighted by Gasteiger charge is 2.15. The summed E-state index contributed by atoms with van der Waals surface area (Å²) in [5.41, 5.74) is 9.25. The van der Waals surface area contributed by atoms with Gasteiger partial charge in [-0.25, -0.2) is 0 Å². The molecule has 3 N–H and O–H groups in total. The molecule has 0 saturated carbocycles. The van der Waals surface area contributed by atoms with Gasteiger partial charge in [-0.15, -0.1) is 0 Å². The van der Waals surface area contributed by atoms with Crippen LogP contribution in [0.4, 0.5) is 0 Å². The standard InChI is InChI=1S/C12H19NO/c1-8-5-10(14)6-9(2)11(8)7-12(3,4)13/h5-6,14H,7,13H2,1-4H3. The Labute approximate surface area is 85.8 Å². The number of phenols is 1. The highest BCUT2D eigenvalue weighted by Crippen LogP contribution is 2.23. The zero-order valence-corrected chi connectivity index (χ0v) is 9.39. The van der Waals surface area contributed by atoms with Crippen molar-refractivity contribution >= 4 is 0 Å². The van der Waals surface area contributed by atoms with Gasteiger partial charge in [-0.1, -0.05) is 0 Å². The minimum atomic E-state index is -0.202. The second-order valence-electron chi connectivity index (χ2n) is 4.72. The summed E-state index contributed by atoms with van der Waals surface area (Å²) in [4.78, 5) is 0. The summed E-state index contributed by atoms with van der Waals surface area (Å²) in [5.74, 6) is 0.332. The van der Waals surface area contributed by atoms with E-state index in [1.807, 2.05) is 27.7 Å². The molecular formula is C12H19NO. The normalized spacial score (nSPS) is 11.8. The molecule has 0 fully saturated rings. The Morgan fingerprint density at radius 2 is 1.64 bits per heavy atom. The molecule has 78 valence electrons.